The Labute approximate surface area is 242 Å². The van der Waals surface area contributed by atoms with E-state index in [1.54, 1.807) is 42.5 Å². The number of imidazole rings is 1. The van der Waals surface area contributed by atoms with Crippen LogP contribution in [0.25, 0.3) is 11.1 Å². The number of amides is 1. The van der Waals surface area contributed by atoms with Crippen LogP contribution in [0.1, 0.15) is 73.7 Å². The summed E-state index contributed by atoms with van der Waals surface area (Å²) >= 11 is 0.109. The number of hydrogen-bond donors (Lipinski definition) is 2. The second-order valence-electron chi connectivity index (χ2n) is 10.1. The monoisotopic (exact) mass is 605 g/mol. The summed E-state index contributed by atoms with van der Waals surface area (Å²) in [7, 11) is -4.12. The van der Waals surface area contributed by atoms with Crippen LogP contribution in [-0.4, -0.2) is 40.7 Å². The summed E-state index contributed by atoms with van der Waals surface area (Å²) in [6.07, 6.45) is 6.35. The molecule has 12 heteroatoms. The average molecular weight is 606 g/mol. The molecule has 0 atom stereocenters. The number of thioether (sulfide) groups is 1. The van der Waals surface area contributed by atoms with Crippen molar-refractivity contribution in [3.05, 3.63) is 65.6 Å². The van der Waals surface area contributed by atoms with E-state index in [1.807, 2.05) is 6.92 Å². The van der Waals surface area contributed by atoms with Crippen molar-refractivity contribution in [3.8, 4) is 11.1 Å². The SMILES string of the molecule is CCCc1nc(SC(F)F)c(C(=O)O)n1Cc1ccc(-c2ccccc2S(=O)(=O)NC(=O)CCC2CCCC2)cc1. The molecule has 41 heavy (non-hydrogen) atoms. The van der Waals surface area contributed by atoms with Crippen LogP contribution < -0.4 is 4.72 Å². The van der Waals surface area contributed by atoms with Gasteiger partial charge >= 0.3 is 5.97 Å². The van der Waals surface area contributed by atoms with E-state index in [2.05, 4.69) is 9.71 Å². The first kappa shape index (κ1) is 30.7. The fourth-order valence-electron chi connectivity index (χ4n) is 5.24. The number of sulfonamides is 1. The number of nitrogens with one attached hydrogen (secondary N) is 1. The molecular weight excluding hydrogens is 572 g/mol. The van der Waals surface area contributed by atoms with E-state index in [1.165, 1.54) is 10.6 Å². The molecule has 8 nitrogen and oxygen atoms in total. The summed E-state index contributed by atoms with van der Waals surface area (Å²) < 4.78 is 56.1. The largest absolute Gasteiger partial charge is 0.476 e. The minimum Gasteiger partial charge on any atom is -0.476 e. The van der Waals surface area contributed by atoms with Crippen LogP contribution in [0.2, 0.25) is 0 Å². The van der Waals surface area contributed by atoms with E-state index in [0.29, 0.717) is 47.7 Å². The number of hydrogen-bond acceptors (Lipinski definition) is 6. The number of carbonyl (C=O) groups is 2. The fourth-order valence-corrected chi connectivity index (χ4v) is 7.12. The second-order valence-corrected chi connectivity index (χ2v) is 12.7. The molecule has 1 aliphatic rings. The lowest BCUT2D eigenvalue weighted by atomic mass is 10.0. The summed E-state index contributed by atoms with van der Waals surface area (Å²) in [4.78, 5) is 28.6. The van der Waals surface area contributed by atoms with Crippen molar-refractivity contribution in [3.63, 3.8) is 0 Å². The molecule has 0 unspecified atom stereocenters. The molecule has 4 rings (SSSR count). The average Bonchev–Trinajstić information content (AvgIpc) is 3.56. The molecule has 0 saturated heterocycles. The normalized spacial score (nSPS) is 14.0. The number of aromatic carboxylic acids is 1. The number of benzene rings is 2. The van der Waals surface area contributed by atoms with Crippen LogP contribution in [0.15, 0.2) is 58.5 Å². The molecule has 220 valence electrons. The standard InChI is InChI=1S/C29H33F2N3O5S2/c1-2-7-24-32-27(40-29(30)31)26(28(36)37)34(24)18-20-12-15-21(16-13-20)22-10-5-6-11-23(22)41(38,39)33-25(35)17-14-19-8-3-4-9-19/h5-6,10-13,15-16,19,29H,2-4,7-9,14,17-18H2,1H3,(H,33,35)(H,36,37). The van der Waals surface area contributed by atoms with Crippen molar-refractivity contribution in [1.82, 2.24) is 14.3 Å². The third-order valence-corrected chi connectivity index (χ3v) is 9.29. The van der Waals surface area contributed by atoms with Gasteiger partial charge in [-0.25, -0.2) is 22.9 Å². The molecule has 3 aromatic rings. The van der Waals surface area contributed by atoms with Crippen molar-refractivity contribution < 1.29 is 31.9 Å². The summed E-state index contributed by atoms with van der Waals surface area (Å²) in [5, 5.41) is 9.54. The molecule has 2 aromatic carbocycles. The van der Waals surface area contributed by atoms with Crippen LogP contribution in [-0.2, 0) is 27.8 Å². The highest BCUT2D eigenvalue weighted by Crippen LogP contribution is 2.32. The lowest BCUT2D eigenvalue weighted by Gasteiger charge is -2.14. The topological polar surface area (TPSA) is 118 Å². The van der Waals surface area contributed by atoms with Crippen LogP contribution in [0.4, 0.5) is 8.78 Å². The van der Waals surface area contributed by atoms with Crippen molar-refractivity contribution in [1.29, 1.82) is 0 Å². The van der Waals surface area contributed by atoms with Gasteiger partial charge in [0.15, 0.2) is 5.69 Å². The fraction of sp³-hybridized carbons (Fsp3) is 0.414. The highest BCUT2D eigenvalue weighted by molar-refractivity contribution is 7.99. The number of alkyl halides is 2. The number of rotatable bonds is 13. The van der Waals surface area contributed by atoms with E-state index in [4.69, 9.17) is 0 Å². The van der Waals surface area contributed by atoms with Crippen LogP contribution in [0.3, 0.4) is 0 Å². The van der Waals surface area contributed by atoms with Gasteiger partial charge < -0.3 is 9.67 Å². The molecule has 0 radical (unpaired) electrons. The van der Waals surface area contributed by atoms with Gasteiger partial charge in [0.1, 0.15) is 10.9 Å². The molecule has 1 aliphatic carbocycles. The molecule has 1 fully saturated rings. The second kappa shape index (κ2) is 13.6. The lowest BCUT2D eigenvalue weighted by Crippen LogP contribution is -2.31. The predicted octanol–water partition coefficient (Wildman–Crippen LogP) is 6.34. The van der Waals surface area contributed by atoms with E-state index in [0.717, 1.165) is 25.7 Å². The zero-order chi connectivity index (χ0) is 29.6. The number of carboxylic acid groups (broad SMARTS) is 1. The van der Waals surface area contributed by atoms with Crippen molar-refractivity contribution in [2.45, 2.75) is 80.5 Å². The van der Waals surface area contributed by atoms with Gasteiger partial charge in [-0.05, 0) is 47.7 Å². The van der Waals surface area contributed by atoms with Gasteiger partial charge in [0.25, 0.3) is 15.8 Å². The Morgan fingerprint density at radius 3 is 2.44 bits per heavy atom. The van der Waals surface area contributed by atoms with Gasteiger partial charge in [0, 0.05) is 24.9 Å². The number of carbonyl (C=O) groups excluding carboxylic acids is 1. The minimum absolute atomic E-state index is 0.0244. The maximum Gasteiger partial charge on any atom is 0.355 e. The zero-order valence-corrected chi connectivity index (χ0v) is 24.3. The quantitative estimate of drug-likeness (QED) is 0.218. The molecule has 0 spiro atoms. The first-order valence-electron chi connectivity index (χ1n) is 13.6. The van der Waals surface area contributed by atoms with Gasteiger partial charge in [-0.3, -0.25) is 4.79 Å². The summed E-state index contributed by atoms with van der Waals surface area (Å²) in [5.41, 5.74) is 1.38. The molecule has 2 N–H and O–H groups in total. The Hall–Kier alpha value is -3.25. The van der Waals surface area contributed by atoms with E-state index >= 15 is 0 Å². The smallest absolute Gasteiger partial charge is 0.355 e. The van der Waals surface area contributed by atoms with E-state index in [-0.39, 0.29) is 40.3 Å². The summed E-state index contributed by atoms with van der Waals surface area (Å²) in [6, 6.07) is 13.2. The Morgan fingerprint density at radius 2 is 1.80 bits per heavy atom. The summed E-state index contributed by atoms with van der Waals surface area (Å²) in [6.45, 7) is 1.97. The number of nitrogens with zero attached hydrogens (tertiary/aromatic N) is 2. The van der Waals surface area contributed by atoms with Gasteiger partial charge in [-0.2, -0.15) is 8.78 Å². The molecule has 1 heterocycles. The van der Waals surface area contributed by atoms with Crippen molar-refractivity contribution >= 4 is 33.7 Å². The zero-order valence-electron chi connectivity index (χ0n) is 22.7. The minimum atomic E-state index is -4.12. The van der Waals surface area contributed by atoms with Crippen molar-refractivity contribution in [2.75, 3.05) is 0 Å². The van der Waals surface area contributed by atoms with E-state index < -0.39 is 27.7 Å². The van der Waals surface area contributed by atoms with Crippen LogP contribution in [0, 0.1) is 5.92 Å². The van der Waals surface area contributed by atoms with Crippen molar-refractivity contribution in [2.24, 2.45) is 5.92 Å². The van der Waals surface area contributed by atoms with Crippen LogP contribution in [0.5, 0.6) is 0 Å². The van der Waals surface area contributed by atoms with E-state index in [9.17, 15) is 31.9 Å². The number of aromatic nitrogens is 2. The first-order chi connectivity index (χ1) is 19.6. The van der Waals surface area contributed by atoms with Gasteiger partial charge in [-0.1, -0.05) is 75.1 Å². The van der Waals surface area contributed by atoms with Crippen LogP contribution >= 0.6 is 11.8 Å². The Bertz CT molecular complexity index is 1480. The highest BCUT2D eigenvalue weighted by atomic mass is 32.2. The van der Waals surface area contributed by atoms with Gasteiger partial charge in [0.05, 0.1) is 4.90 Å². The molecular formula is C29H33F2N3O5S2. The first-order valence-corrected chi connectivity index (χ1v) is 16.0. The van der Waals surface area contributed by atoms with Gasteiger partial charge in [-0.15, -0.1) is 0 Å². The number of halogens is 2. The molecule has 0 aliphatic heterocycles. The highest BCUT2D eigenvalue weighted by Gasteiger charge is 2.26. The molecule has 1 amide bonds. The maximum atomic E-state index is 13.2. The third-order valence-electron chi connectivity index (χ3n) is 7.18. The Kier molecular flexibility index (Phi) is 10.2. The lowest BCUT2D eigenvalue weighted by molar-refractivity contribution is -0.119. The number of aryl methyl sites for hydroxylation is 1. The Balaban J connectivity index is 1.55. The Morgan fingerprint density at radius 1 is 1.12 bits per heavy atom. The summed E-state index contributed by atoms with van der Waals surface area (Å²) in [5.74, 6) is -3.81. The maximum absolute atomic E-state index is 13.2. The predicted molar refractivity (Wildman–Crippen MR) is 153 cm³/mol. The molecule has 0 bridgehead atoms. The number of carboxylic acids is 1. The molecule has 1 saturated carbocycles. The third kappa shape index (κ3) is 7.73. The molecule has 1 aromatic heterocycles. The van der Waals surface area contributed by atoms with Gasteiger partial charge in [0.2, 0.25) is 5.91 Å².